The SMILES string of the molecule is CC(Cl)c1nc2cc(Br)c(F)cc2n1C1CCN(C)C1=O. The van der Waals surface area contributed by atoms with Gasteiger partial charge in [-0.15, -0.1) is 11.6 Å². The van der Waals surface area contributed by atoms with Gasteiger partial charge in [-0.25, -0.2) is 9.37 Å². The van der Waals surface area contributed by atoms with E-state index < -0.39 is 0 Å². The van der Waals surface area contributed by atoms with Crippen LogP contribution in [0.3, 0.4) is 0 Å². The molecule has 1 amide bonds. The van der Waals surface area contributed by atoms with Crippen LogP contribution < -0.4 is 0 Å². The van der Waals surface area contributed by atoms with Crippen LogP contribution in [0.25, 0.3) is 11.0 Å². The van der Waals surface area contributed by atoms with E-state index in [1.165, 1.54) is 6.07 Å². The zero-order valence-corrected chi connectivity index (χ0v) is 13.9. The highest BCUT2D eigenvalue weighted by atomic mass is 79.9. The number of alkyl halides is 1. The maximum atomic E-state index is 13.9. The molecule has 4 nitrogen and oxygen atoms in total. The zero-order chi connectivity index (χ0) is 15.3. The summed E-state index contributed by atoms with van der Waals surface area (Å²) in [6.07, 6.45) is 0.676. The number of rotatable bonds is 2. The summed E-state index contributed by atoms with van der Waals surface area (Å²) in [5.74, 6) is 0.227. The van der Waals surface area contributed by atoms with Crippen molar-refractivity contribution in [3.8, 4) is 0 Å². The van der Waals surface area contributed by atoms with Gasteiger partial charge in [0.2, 0.25) is 5.91 Å². The predicted molar refractivity (Wildman–Crippen MR) is 83.0 cm³/mol. The first-order chi connectivity index (χ1) is 9.90. The van der Waals surface area contributed by atoms with Gasteiger partial charge in [0.05, 0.1) is 20.9 Å². The van der Waals surface area contributed by atoms with E-state index in [9.17, 15) is 9.18 Å². The highest BCUT2D eigenvalue weighted by Crippen LogP contribution is 2.34. The van der Waals surface area contributed by atoms with E-state index in [-0.39, 0.29) is 23.1 Å². The first-order valence-electron chi connectivity index (χ1n) is 6.66. The lowest BCUT2D eigenvalue weighted by Gasteiger charge is -2.17. The number of likely N-dealkylation sites (N-methyl/N-ethyl adjacent to an activating group) is 1. The van der Waals surface area contributed by atoms with Crippen molar-refractivity contribution in [2.24, 2.45) is 0 Å². The number of nitrogens with zero attached hydrogens (tertiary/aromatic N) is 3. The summed E-state index contributed by atoms with van der Waals surface area (Å²) < 4.78 is 16.0. The number of benzene rings is 1. The average molecular weight is 375 g/mol. The number of hydrogen-bond donors (Lipinski definition) is 0. The summed E-state index contributed by atoms with van der Waals surface area (Å²) in [4.78, 5) is 18.5. The van der Waals surface area contributed by atoms with E-state index in [1.54, 1.807) is 29.5 Å². The lowest BCUT2D eigenvalue weighted by molar-refractivity contribution is -0.129. The lowest BCUT2D eigenvalue weighted by Crippen LogP contribution is -2.25. The Labute approximate surface area is 135 Å². The average Bonchev–Trinajstić information content (AvgIpc) is 2.93. The van der Waals surface area contributed by atoms with Crippen LogP contribution in [0.2, 0.25) is 0 Å². The van der Waals surface area contributed by atoms with Gasteiger partial charge in [-0.2, -0.15) is 0 Å². The van der Waals surface area contributed by atoms with Crippen LogP contribution in [0.15, 0.2) is 16.6 Å². The molecule has 1 fully saturated rings. The Morgan fingerprint density at radius 1 is 1.52 bits per heavy atom. The molecule has 1 saturated heterocycles. The molecule has 0 aliphatic carbocycles. The highest BCUT2D eigenvalue weighted by Gasteiger charge is 2.34. The Morgan fingerprint density at radius 2 is 2.24 bits per heavy atom. The van der Waals surface area contributed by atoms with Crippen LogP contribution in [-0.4, -0.2) is 34.0 Å². The second kappa shape index (κ2) is 5.25. The number of fused-ring (bicyclic) bond motifs is 1. The smallest absolute Gasteiger partial charge is 0.245 e. The summed E-state index contributed by atoms with van der Waals surface area (Å²) in [5.41, 5.74) is 1.24. The van der Waals surface area contributed by atoms with Crippen LogP contribution in [0.5, 0.6) is 0 Å². The summed E-state index contributed by atoms with van der Waals surface area (Å²) >= 11 is 9.37. The quantitative estimate of drug-likeness (QED) is 0.753. The van der Waals surface area contributed by atoms with Gasteiger partial charge in [-0.05, 0) is 35.3 Å². The minimum absolute atomic E-state index is 0.0104. The minimum Gasteiger partial charge on any atom is -0.344 e. The molecule has 0 N–H and O–H groups in total. The number of halogens is 3. The molecular formula is C14H14BrClFN3O. The summed E-state index contributed by atoms with van der Waals surface area (Å²) in [7, 11) is 1.77. The van der Waals surface area contributed by atoms with Crippen LogP contribution in [0.4, 0.5) is 4.39 Å². The Balaban J connectivity index is 2.26. The molecule has 0 spiro atoms. The molecular weight excluding hydrogens is 361 g/mol. The van der Waals surface area contributed by atoms with Gasteiger partial charge in [0, 0.05) is 19.7 Å². The molecule has 1 aliphatic heterocycles. The first-order valence-corrected chi connectivity index (χ1v) is 7.89. The van der Waals surface area contributed by atoms with E-state index in [1.807, 2.05) is 0 Å². The Kier molecular flexibility index (Phi) is 3.69. The molecule has 1 aromatic carbocycles. The molecule has 2 unspecified atom stereocenters. The van der Waals surface area contributed by atoms with Crippen molar-refractivity contribution in [1.82, 2.24) is 14.5 Å². The van der Waals surface area contributed by atoms with Crippen molar-refractivity contribution < 1.29 is 9.18 Å². The van der Waals surface area contributed by atoms with Gasteiger partial charge >= 0.3 is 0 Å². The third kappa shape index (κ3) is 2.34. The normalized spacial score (nSPS) is 20.5. The van der Waals surface area contributed by atoms with Gasteiger partial charge in [0.1, 0.15) is 17.7 Å². The van der Waals surface area contributed by atoms with Crippen LogP contribution >= 0.6 is 27.5 Å². The number of hydrogen-bond acceptors (Lipinski definition) is 2. The fraction of sp³-hybridized carbons (Fsp3) is 0.429. The van der Waals surface area contributed by atoms with Gasteiger partial charge in [-0.3, -0.25) is 4.79 Å². The van der Waals surface area contributed by atoms with E-state index in [2.05, 4.69) is 20.9 Å². The lowest BCUT2D eigenvalue weighted by atomic mass is 10.2. The number of aromatic nitrogens is 2. The molecule has 2 heterocycles. The number of carbonyl (C=O) groups is 1. The van der Waals surface area contributed by atoms with E-state index in [4.69, 9.17) is 11.6 Å². The third-order valence-corrected chi connectivity index (χ3v) is 4.63. The zero-order valence-electron chi connectivity index (χ0n) is 11.6. The molecule has 0 bridgehead atoms. The monoisotopic (exact) mass is 373 g/mol. The standard InChI is InChI=1S/C14H14BrClFN3O/c1-7(16)13-18-10-5-8(15)9(17)6-12(10)20(13)11-3-4-19(2)14(11)21/h5-7,11H,3-4H2,1-2H3. The van der Waals surface area contributed by atoms with Gasteiger partial charge in [-0.1, -0.05) is 0 Å². The molecule has 3 rings (SSSR count). The second-order valence-corrected chi connectivity index (χ2v) is 6.78. The first kappa shape index (κ1) is 14.8. The number of likely N-dealkylation sites (tertiary alicyclic amines) is 1. The van der Waals surface area contributed by atoms with Gasteiger partial charge in [0.25, 0.3) is 0 Å². The molecule has 112 valence electrons. The molecule has 1 aromatic heterocycles. The maximum Gasteiger partial charge on any atom is 0.245 e. The topological polar surface area (TPSA) is 38.1 Å². The van der Waals surface area contributed by atoms with Gasteiger partial charge in [0.15, 0.2) is 0 Å². The van der Waals surface area contributed by atoms with Crippen LogP contribution in [0.1, 0.15) is 30.6 Å². The Hall–Kier alpha value is -1.14. The van der Waals surface area contributed by atoms with Crippen molar-refractivity contribution in [2.45, 2.75) is 24.8 Å². The third-order valence-electron chi connectivity index (χ3n) is 3.83. The van der Waals surface area contributed by atoms with E-state index in [0.29, 0.717) is 34.3 Å². The number of carbonyl (C=O) groups excluding carboxylic acids is 1. The number of amides is 1. The highest BCUT2D eigenvalue weighted by molar-refractivity contribution is 9.10. The van der Waals surface area contributed by atoms with Gasteiger partial charge < -0.3 is 9.47 Å². The molecule has 2 atom stereocenters. The van der Waals surface area contributed by atoms with E-state index in [0.717, 1.165) is 0 Å². The molecule has 0 saturated carbocycles. The van der Waals surface area contributed by atoms with Crippen molar-refractivity contribution >= 4 is 44.5 Å². The maximum absolute atomic E-state index is 13.9. The van der Waals surface area contributed by atoms with Crippen LogP contribution in [0, 0.1) is 5.82 Å². The summed E-state index contributed by atoms with van der Waals surface area (Å²) in [6.45, 7) is 2.48. The van der Waals surface area contributed by atoms with Crippen molar-refractivity contribution in [3.63, 3.8) is 0 Å². The molecule has 2 aromatic rings. The molecule has 7 heteroatoms. The summed E-state index contributed by atoms with van der Waals surface area (Å²) in [6, 6.07) is 2.66. The summed E-state index contributed by atoms with van der Waals surface area (Å²) in [5, 5.41) is -0.363. The predicted octanol–water partition coefficient (Wildman–Crippen LogP) is 3.64. The number of imidazole rings is 1. The minimum atomic E-state index is -0.378. The Morgan fingerprint density at radius 3 is 2.81 bits per heavy atom. The molecule has 1 aliphatic rings. The van der Waals surface area contributed by atoms with Crippen molar-refractivity contribution in [1.29, 1.82) is 0 Å². The fourth-order valence-corrected chi connectivity index (χ4v) is 3.25. The van der Waals surface area contributed by atoms with Crippen molar-refractivity contribution in [2.75, 3.05) is 13.6 Å². The van der Waals surface area contributed by atoms with Crippen LogP contribution in [-0.2, 0) is 4.79 Å². The molecule has 0 radical (unpaired) electrons. The van der Waals surface area contributed by atoms with Crippen molar-refractivity contribution in [3.05, 3.63) is 28.2 Å². The second-order valence-electron chi connectivity index (χ2n) is 5.28. The fourth-order valence-electron chi connectivity index (χ4n) is 2.76. The van der Waals surface area contributed by atoms with E-state index >= 15 is 0 Å². The molecule has 21 heavy (non-hydrogen) atoms. The largest absolute Gasteiger partial charge is 0.344 e. The Bertz CT molecular complexity index is 731.